The lowest BCUT2D eigenvalue weighted by Crippen LogP contribution is -2.04. The standard InChI is InChI=1S/C13H15N3O4S/c17-4-6-19-10-1-2-11(12(9-10)20-7-5-18)15-16-13-14-3-8-21-13/h1-3,8-9,17-18H,4-7H2. The minimum absolute atomic E-state index is 0.0711. The number of benzene rings is 1. The minimum Gasteiger partial charge on any atom is -0.491 e. The lowest BCUT2D eigenvalue weighted by molar-refractivity contribution is 0.195. The largest absolute Gasteiger partial charge is 0.491 e. The average Bonchev–Trinajstić information content (AvgIpc) is 3.03. The molecule has 2 rings (SSSR count). The highest BCUT2D eigenvalue weighted by Gasteiger charge is 2.06. The zero-order valence-electron chi connectivity index (χ0n) is 11.2. The van der Waals surface area contributed by atoms with Gasteiger partial charge in [-0.25, -0.2) is 4.98 Å². The van der Waals surface area contributed by atoms with Crippen molar-refractivity contribution in [3.05, 3.63) is 29.8 Å². The highest BCUT2D eigenvalue weighted by Crippen LogP contribution is 2.33. The molecule has 0 saturated heterocycles. The molecule has 0 aliphatic heterocycles. The Morgan fingerprint density at radius 3 is 2.62 bits per heavy atom. The Bertz CT molecular complexity index is 575. The number of ether oxygens (including phenoxy) is 2. The van der Waals surface area contributed by atoms with Gasteiger partial charge < -0.3 is 19.7 Å². The lowest BCUT2D eigenvalue weighted by Gasteiger charge is -2.10. The van der Waals surface area contributed by atoms with Crippen molar-refractivity contribution in [3.8, 4) is 11.5 Å². The average molecular weight is 309 g/mol. The summed E-state index contributed by atoms with van der Waals surface area (Å²) in [7, 11) is 0. The van der Waals surface area contributed by atoms with Crippen LogP contribution in [-0.2, 0) is 0 Å². The monoisotopic (exact) mass is 309 g/mol. The van der Waals surface area contributed by atoms with Crippen LogP contribution in [0.4, 0.5) is 10.8 Å². The van der Waals surface area contributed by atoms with Crippen molar-refractivity contribution < 1.29 is 19.7 Å². The minimum atomic E-state index is -0.106. The van der Waals surface area contributed by atoms with Gasteiger partial charge in [-0.05, 0) is 12.1 Å². The summed E-state index contributed by atoms with van der Waals surface area (Å²) in [6.45, 7) is 0.159. The van der Waals surface area contributed by atoms with Gasteiger partial charge in [0, 0.05) is 17.6 Å². The summed E-state index contributed by atoms with van der Waals surface area (Å²) < 4.78 is 10.7. The Labute approximate surface area is 125 Å². The second-order valence-corrected chi connectivity index (χ2v) is 4.66. The number of thiazole rings is 1. The molecule has 0 bridgehead atoms. The van der Waals surface area contributed by atoms with Crippen LogP contribution in [0.15, 0.2) is 40.0 Å². The molecule has 1 heterocycles. The van der Waals surface area contributed by atoms with Gasteiger partial charge in [0.15, 0.2) is 5.75 Å². The first kappa shape index (κ1) is 15.4. The molecule has 2 N–H and O–H groups in total. The number of aliphatic hydroxyl groups is 2. The third-order valence-electron chi connectivity index (χ3n) is 2.30. The predicted molar refractivity (Wildman–Crippen MR) is 77.9 cm³/mol. The van der Waals surface area contributed by atoms with Gasteiger partial charge in [-0.3, -0.25) is 0 Å². The number of aromatic nitrogens is 1. The van der Waals surface area contributed by atoms with Crippen molar-refractivity contribution in [2.45, 2.75) is 0 Å². The first-order valence-corrected chi connectivity index (χ1v) is 7.14. The summed E-state index contributed by atoms with van der Waals surface area (Å²) in [6, 6.07) is 5.04. The molecule has 1 aromatic heterocycles. The van der Waals surface area contributed by atoms with E-state index in [1.807, 2.05) is 5.38 Å². The summed E-state index contributed by atoms with van der Waals surface area (Å²) in [6.07, 6.45) is 1.65. The lowest BCUT2D eigenvalue weighted by atomic mass is 10.3. The van der Waals surface area contributed by atoms with Gasteiger partial charge in [-0.1, -0.05) is 0 Å². The van der Waals surface area contributed by atoms with Gasteiger partial charge in [0.25, 0.3) is 0 Å². The van der Waals surface area contributed by atoms with E-state index in [9.17, 15) is 0 Å². The van der Waals surface area contributed by atoms with Crippen molar-refractivity contribution in [2.75, 3.05) is 26.4 Å². The number of hydrogen-bond donors (Lipinski definition) is 2. The maximum absolute atomic E-state index is 8.86. The third-order valence-corrected chi connectivity index (χ3v) is 2.96. The second-order valence-electron chi connectivity index (χ2n) is 3.79. The number of azo groups is 1. The molecule has 0 aliphatic rings. The molecule has 0 aliphatic carbocycles. The summed E-state index contributed by atoms with van der Waals surface area (Å²) in [5, 5.41) is 28.1. The van der Waals surface area contributed by atoms with Crippen molar-refractivity contribution in [1.82, 2.24) is 4.98 Å². The topological polar surface area (TPSA) is 96.5 Å². The summed E-state index contributed by atoms with van der Waals surface area (Å²) >= 11 is 1.38. The van der Waals surface area contributed by atoms with Crippen molar-refractivity contribution in [1.29, 1.82) is 0 Å². The van der Waals surface area contributed by atoms with E-state index in [4.69, 9.17) is 19.7 Å². The Morgan fingerprint density at radius 1 is 1.10 bits per heavy atom. The quantitative estimate of drug-likeness (QED) is 0.729. The fourth-order valence-corrected chi connectivity index (χ4v) is 1.92. The molecule has 2 aromatic rings. The molecule has 7 nitrogen and oxygen atoms in total. The van der Waals surface area contributed by atoms with Crippen LogP contribution >= 0.6 is 11.3 Å². The zero-order valence-corrected chi connectivity index (χ0v) is 12.0. The fourth-order valence-electron chi connectivity index (χ4n) is 1.46. The highest BCUT2D eigenvalue weighted by atomic mass is 32.1. The van der Waals surface area contributed by atoms with Gasteiger partial charge in [0.2, 0.25) is 5.13 Å². The number of rotatable bonds is 8. The molecule has 0 spiro atoms. The Kier molecular flexibility index (Phi) is 6.07. The molecule has 0 unspecified atom stereocenters. The molecular formula is C13H15N3O4S. The fraction of sp³-hybridized carbons (Fsp3) is 0.308. The first-order valence-electron chi connectivity index (χ1n) is 6.26. The van der Waals surface area contributed by atoms with Crippen molar-refractivity contribution in [2.24, 2.45) is 10.2 Å². The Morgan fingerprint density at radius 2 is 1.90 bits per heavy atom. The molecule has 0 saturated carbocycles. The third kappa shape index (κ3) is 4.78. The predicted octanol–water partition coefficient (Wildman–Crippen LogP) is 2.30. The van der Waals surface area contributed by atoms with E-state index in [1.165, 1.54) is 11.3 Å². The molecule has 0 atom stereocenters. The maximum atomic E-state index is 8.86. The molecule has 0 fully saturated rings. The molecule has 1 aromatic carbocycles. The highest BCUT2D eigenvalue weighted by molar-refractivity contribution is 7.13. The summed E-state index contributed by atoms with van der Waals surface area (Å²) in [4.78, 5) is 4.01. The van der Waals surface area contributed by atoms with Gasteiger partial charge in [-0.2, -0.15) is 0 Å². The van der Waals surface area contributed by atoms with Crippen LogP contribution in [0, 0.1) is 0 Å². The Hall–Kier alpha value is -2.03. The zero-order chi connectivity index (χ0) is 14.9. The van der Waals surface area contributed by atoms with Gasteiger partial charge >= 0.3 is 0 Å². The van der Waals surface area contributed by atoms with Crippen LogP contribution in [0.5, 0.6) is 11.5 Å². The van der Waals surface area contributed by atoms with Crippen LogP contribution in [0.25, 0.3) is 0 Å². The van der Waals surface area contributed by atoms with Crippen LogP contribution in [-0.4, -0.2) is 41.6 Å². The van der Waals surface area contributed by atoms with E-state index in [1.54, 1.807) is 24.4 Å². The van der Waals surface area contributed by atoms with E-state index in [-0.39, 0.29) is 26.4 Å². The van der Waals surface area contributed by atoms with E-state index in [0.29, 0.717) is 22.3 Å². The van der Waals surface area contributed by atoms with Crippen LogP contribution in [0.2, 0.25) is 0 Å². The first-order chi connectivity index (χ1) is 10.3. The van der Waals surface area contributed by atoms with Gasteiger partial charge in [0.1, 0.15) is 24.7 Å². The summed E-state index contributed by atoms with van der Waals surface area (Å²) in [5.74, 6) is 0.991. The van der Waals surface area contributed by atoms with Gasteiger partial charge in [0.05, 0.1) is 13.2 Å². The van der Waals surface area contributed by atoms with Gasteiger partial charge in [-0.15, -0.1) is 21.6 Å². The molecular weight excluding hydrogens is 294 g/mol. The second kappa shape index (κ2) is 8.30. The van der Waals surface area contributed by atoms with Crippen molar-refractivity contribution in [3.63, 3.8) is 0 Å². The maximum Gasteiger partial charge on any atom is 0.229 e. The number of hydrogen-bond acceptors (Lipinski definition) is 8. The van der Waals surface area contributed by atoms with E-state index < -0.39 is 0 Å². The summed E-state index contributed by atoms with van der Waals surface area (Å²) in [5.41, 5.74) is 0.509. The molecule has 21 heavy (non-hydrogen) atoms. The Balaban J connectivity index is 2.17. The molecule has 8 heteroatoms. The van der Waals surface area contributed by atoms with Crippen molar-refractivity contribution >= 4 is 22.2 Å². The number of nitrogens with zero attached hydrogens (tertiary/aromatic N) is 3. The van der Waals surface area contributed by atoms with E-state index in [0.717, 1.165) is 0 Å². The number of aliphatic hydroxyl groups excluding tert-OH is 2. The SMILES string of the molecule is OCCOc1ccc(N=Nc2nccs2)c(OCCO)c1. The molecule has 0 radical (unpaired) electrons. The van der Waals surface area contributed by atoms with E-state index >= 15 is 0 Å². The van der Waals surface area contributed by atoms with E-state index in [2.05, 4.69) is 15.2 Å². The van der Waals surface area contributed by atoms with Crippen LogP contribution in [0.1, 0.15) is 0 Å². The van der Waals surface area contributed by atoms with Crippen LogP contribution in [0.3, 0.4) is 0 Å². The molecule has 0 amide bonds. The smallest absolute Gasteiger partial charge is 0.229 e. The normalized spacial score (nSPS) is 11.0. The van der Waals surface area contributed by atoms with Crippen LogP contribution < -0.4 is 9.47 Å². The molecule has 112 valence electrons.